The van der Waals surface area contributed by atoms with Crippen LogP contribution < -0.4 is 4.74 Å². The average Bonchev–Trinajstić information content (AvgIpc) is 2.71. The van der Waals surface area contributed by atoms with Gasteiger partial charge >= 0.3 is 17.9 Å². The van der Waals surface area contributed by atoms with Crippen molar-refractivity contribution < 1.29 is 29.3 Å². The lowest BCUT2D eigenvalue weighted by Crippen LogP contribution is -2.14. The Morgan fingerprint density at radius 2 is 1.41 bits per heavy atom. The predicted octanol–water partition coefficient (Wildman–Crippen LogP) is 4.15. The Hall–Kier alpha value is -3.93. The van der Waals surface area contributed by atoms with Gasteiger partial charge in [-0.15, -0.1) is 0 Å². The van der Waals surface area contributed by atoms with Gasteiger partial charge in [0.2, 0.25) is 0 Å². The van der Waals surface area contributed by atoms with Crippen molar-refractivity contribution in [1.29, 1.82) is 0 Å². The zero-order valence-corrected chi connectivity index (χ0v) is 15.4. The number of ether oxygens (including phenoxy) is 1. The standard InChI is InChI=1S/C23H18O6/c24-21(25)13-19(23(27)28)18(16-7-2-1-3-8-16)14-22(26)29-20-12-6-10-15-9-4-5-11-17(15)20/h1-12H,13-14H2,(H,24,25)(H,27,28). The van der Waals surface area contributed by atoms with E-state index in [0.29, 0.717) is 11.3 Å². The Labute approximate surface area is 166 Å². The Balaban J connectivity index is 1.96. The third kappa shape index (κ3) is 4.87. The van der Waals surface area contributed by atoms with E-state index in [1.54, 1.807) is 42.5 Å². The van der Waals surface area contributed by atoms with E-state index in [1.807, 2.05) is 30.3 Å². The SMILES string of the molecule is O=C(O)CC(C(=O)O)=C(CC(=O)Oc1cccc2ccccc12)c1ccccc1. The number of esters is 1. The molecule has 29 heavy (non-hydrogen) atoms. The minimum absolute atomic E-state index is 0.116. The van der Waals surface area contributed by atoms with Crippen LogP contribution in [0.2, 0.25) is 0 Å². The van der Waals surface area contributed by atoms with Crippen molar-refractivity contribution in [2.45, 2.75) is 12.8 Å². The molecule has 0 heterocycles. The van der Waals surface area contributed by atoms with Gasteiger partial charge in [0.1, 0.15) is 5.75 Å². The average molecular weight is 390 g/mol. The minimum atomic E-state index is -1.38. The molecule has 0 aliphatic carbocycles. The van der Waals surface area contributed by atoms with Crippen molar-refractivity contribution in [2.75, 3.05) is 0 Å². The molecule has 3 rings (SSSR count). The van der Waals surface area contributed by atoms with Crippen molar-refractivity contribution >= 4 is 34.3 Å². The fourth-order valence-corrected chi connectivity index (χ4v) is 3.07. The van der Waals surface area contributed by atoms with E-state index < -0.39 is 24.3 Å². The fourth-order valence-electron chi connectivity index (χ4n) is 3.07. The van der Waals surface area contributed by atoms with Crippen LogP contribution in [0.4, 0.5) is 0 Å². The maximum atomic E-state index is 12.7. The summed E-state index contributed by atoms with van der Waals surface area (Å²) in [5.41, 5.74) is 0.227. The quantitative estimate of drug-likeness (QED) is 0.357. The minimum Gasteiger partial charge on any atom is -0.481 e. The first kappa shape index (κ1) is 19.8. The highest BCUT2D eigenvalue weighted by molar-refractivity contribution is 6.03. The van der Waals surface area contributed by atoms with Crippen LogP contribution in [-0.2, 0) is 14.4 Å². The van der Waals surface area contributed by atoms with E-state index in [-0.39, 0.29) is 17.6 Å². The van der Waals surface area contributed by atoms with Crippen LogP contribution in [0.15, 0.2) is 78.4 Å². The van der Waals surface area contributed by atoms with Crippen molar-refractivity contribution in [2.24, 2.45) is 0 Å². The third-order valence-electron chi connectivity index (χ3n) is 4.37. The molecule has 6 heteroatoms. The lowest BCUT2D eigenvalue weighted by Gasteiger charge is -2.13. The molecule has 0 saturated heterocycles. The highest BCUT2D eigenvalue weighted by Gasteiger charge is 2.22. The fraction of sp³-hybridized carbons (Fsp3) is 0.0870. The predicted molar refractivity (Wildman–Crippen MR) is 107 cm³/mol. The summed E-state index contributed by atoms with van der Waals surface area (Å²) in [4.78, 5) is 35.5. The molecule has 0 saturated carbocycles. The Morgan fingerprint density at radius 1 is 0.759 bits per heavy atom. The van der Waals surface area contributed by atoms with E-state index >= 15 is 0 Å². The highest BCUT2D eigenvalue weighted by atomic mass is 16.5. The molecule has 0 radical (unpaired) electrons. The van der Waals surface area contributed by atoms with Gasteiger partial charge in [-0.2, -0.15) is 0 Å². The number of carboxylic acid groups (broad SMARTS) is 2. The van der Waals surface area contributed by atoms with Gasteiger partial charge in [0.25, 0.3) is 0 Å². The summed E-state index contributed by atoms with van der Waals surface area (Å²) in [5.74, 6) is -3.00. The summed E-state index contributed by atoms with van der Waals surface area (Å²) in [5, 5.41) is 20.3. The number of aliphatic carboxylic acids is 2. The summed E-state index contributed by atoms with van der Waals surface area (Å²) in [6, 6.07) is 21.1. The molecule has 3 aromatic carbocycles. The number of benzene rings is 3. The molecular formula is C23H18O6. The van der Waals surface area contributed by atoms with Crippen molar-refractivity contribution in [3.63, 3.8) is 0 Å². The molecular weight excluding hydrogens is 372 g/mol. The second-order valence-electron chi connectivity index (χ2n) is 6.33. The number of hydrogen-bond donors (Lipinski definition) is 2. The molecule has 0 aromatic heterocycles. The van der Waals surface area contributed by atoms with Crippen LogP contribution >= 0.6 is 0 Å². The summed E-state index contributed by atoms with van der Waals surface area (Å²) >= 11 is 0. The van der Waals surface area contributed by atoms with Crippen LogP contribution in [0.1, 0.15) is 18.4 Å². The summed E-state index contributed by atoms with van der Waals surface area (Å²) in [6.07, 6.45) is -1.08. The molecule has 0 amide bonds. The molecule has 0 aliphatic rings. The van der Waals surface area contributed by atoms with Crippen molar-refractivity contribution in [3.8, 4) is 5.75 Å². The second kappa shape index (κ2) is 8.84. The van der Waals surface area contributed by atoms with Gasteiger partial charge in [0, 0.05) is 5.39 Å². The summed E-state index contributed by atoms with van der Waals surface area (Å²) in [6.45, 7) is 0. The second-order valence-corrected chi connectivity index (χ2v) is 6.33. The molecule has 0 aliphatic heterocycles. The smallest absolute Gasteiger partial charge is 0.332 e. The monoisotopic (exact) mass is 390 g/mol. The van der Waals surface area contributed by atoms with Gasteiger partial charge in [-0.1, -0.05) is 66.7 Å². The van der Waals surface area contributed by atoms with Gasteiger partial charge in [0.15, 0.2) is 0 Å². The Morgan fingerprint density at radius 3 is 2.10 bits per heavy atom. The van der Waals surface area contributed by atoms with Crippen molar-refractivity contribution in [3.05, 3.63) is 83.9 Å². The Bertz CT molecular complexity index is 1090. The van der Waals surface area contributed by atoms with Crippen LogP contribution in [0, 0.1) is 0 Å². The molecule has 2 N–H and O–H groups in total. The first-order chi connectivity index (χ1) is 14.0. The third-order valence-corrected chi connectivity index (χ3v) is 4.37. The Kier molecular flexibility index (Phi) is 6.04. The van der Waals surface area contributed by atoms with E-state index in [1.165, 1.54) is 0 Å². The molecule has 6 nitrogen and oxygen atoms in total. The lowest BCUT2D eigenvalue weighted by atomic mass is 9.95. The van der Waals surface area contributed by atoms with Crippen LogP contribution in [0.5, 0.6) is 5.75 Å². The molecule has 0 spiro atoms. The molecule has 0 fully saturated rings. The number of fused-ring (bicyclic) bond motifs is 1. The molecule has 0 unspecified atom stereocenters. The van der Waals surface area contributed by atoms with Crippen LogP contribution in [0.3, 0.4) is 0 Å². The summed E-state index contributed by atoms with van der Waals surface area (Å²) in [7, 11) is 0. The maximum Gasteiger partial charge on any atom is 0.332 e. The van der Waals surface area contributed by atoms with Gasteiger partial charge in [-0.3, -0.25) is 9.59 Å². The molecule has 0 atom stereocenters. The maximum absolute atomic E-state index is 12.7. The van der Waals surface area contributed by atoms with E-state index in [0.717, 1.165) is 10.8 Å². The molecule has 3 aromatic rings. The van der Waals surface area contributed by atoms with Gasteiger partial charge < -0.3 is 14.9 Å². The molecule has 146 valence electrons. The first-order valence-electron chi connectivity index (χ1n) is 8.86. The summed E-state index contributed by atoms with van der Waals surface area (Å²) < 4.78 is 5.50. The zero-order chi connectivity index (χ0) is 20.8. The number of carbonyl (C=O) groups is 3. The zero-order valence-electron chi connectivity index (χ0n) is 15.4. The number of hydrogen-bond acceptors (Lipinski definition) is 4. The normalized spacial score (nSPS) is 11.6. The van der Waals surface area contributed by atoms with E-state index in [4.69, 9.17) is 9.84 Å². The van der Waals surface area contributed by atoms with E-state index in [9.17, 15) is 19.5 Å². The van der Waals surface area contributed by atoms with Crippen LogP contribution in [-0.4, -0.2) is 28.1 Å². The lowest BCUT2D eigenvalue weighted by molar-refractivity contribution is -0.139. The largest absolute Gasteiger partial charge is 0.481 e. The first-order valence-corrected chi connectivity index (χ1v) is 8.86. The van der Waals surface area contributed by atoms with Crippen molar-refractivity contribution in [1.82, 2.24) is 0 Å². The highest BCUT2D eigenvalue weighted by Crippen LogP contribution is 2.29. The number of rotatable bonds is 7. The van der Waals surface area contributed by atoms with Gasteiger partial charge in [-0.05, 0) is 22.6 Å². The number of carbonyl (C=O) groups excluding carboxylic acids is 1. The molecule has 0 bridgehead atoms. The van der Waals surface area contributed by atoms with Gasteiger partial charge in [0.05, 0.1) is 18.4 Å². The topological polar surface area (TPSA) is 101 Å². The number of carboxylic acids is 2. The van der Waals surface area contributed by atoms with Gasteiger partial charge in [-0.25, -0.2) is 4.79 Å². The van der Waals surface area contributed by atoms with E-state index in [2.05, 4.69) is 0 Å². The van der Waals surface area contributed by atoms with Crippen LogP contribution in [0.25, 0.3) is 16.3 Å².